The van der Waals surface area contributed by atoms with Crippen LogP contribution in [-0.2, 0) is 18.4 Å². The zero-order valence-electron chi connectivity index (χ0n) is 11.4. The van der Waals surface area contributed by atoms with E-state index in [0.29, 0.717) is 17.0 Å². The standard InChI is InChI=1S/C14H14N4O3/c1-18-9-16-12(17-18)8-15-14(21)11-4-2-3-10(7-11)5-6-13(19)20/h2-7,9H,8H2,1H3,(H,15,21)(H,19,20)/b6-5+. The molecule has 0 saturated carbocycles. The number of nitrogens with one attached hydrogen (secondary N) is 1. The highest BCUT2D eigenvalue weighted by molar-refractivity contribution is 5.95. The number of amides is 1. The van der Waals surface area contributed by atoms with Gasteiger partial charge in [0.1, 0.15) is 6.33 Å². The smallest absolute Gasteiger partial charge is 0.328 e. The van der Waals surface area contributed by atoms with Crippen LogP contribution in [0.2, 0.25) is 0 Å². The molecule has 0 saturated heterocycles. The molecule has 108 valence electrons. The number of benzene rings is 1. The number of carboxylic acid groups (broad SMARTS) is 1. The highest BCUT2D eigenvalue weighted by Crippen LogP contribution is 2.07. The van der Waals surface area contributed by atoms with Crippen molar-refractivity contribution in [3.8, 4) is 0 Å². The molecule has 0 unspecified atom stereocenters. The number of nitrogens with zero attached hydrogens (tertiary/aromatic N) is 3. The van der Waals surface area contributed by atoms with Gasteiger partial charge in [-0.05, 0) is 23.8 Å². The fourth-order valence-corrected chi connectivity index (χ4v) is 1.68. The van der Waals surface area contributed by atoms with Crippen molar-refractivity contribution in [2.75, 3.05) is 0 Å². The Hall–Kier alpha value is -2.96. The maximum Gasteiger partial charge on any atom is 0.328 e. The second-order valence-electron chi connectivity index (χ2n) is 4.31. The van der Waals surface area contributed by atoms with Crippen LogP contribution in [0, 0.1) is 0 Å². The summed E-state index contributed by atoms with van der Waals surface area (Å²) in [6, 6.07) is 6.67. The van der Waals surface area contributed by atoms with Gasteiger partial charge in [-0.1, -0.05) is 12.1 Å². The lowest BCUT2D eigenvalue weighted by Gasteiger charge is -2.03. The summed E-state index contributed by atoms with van der Waals surface area (Å²) in [4.78, 5) is 26.5. The molecule has 21 heavy (non-hydrogen) atoms. The molecule has 2 rings (SSSR count). The summed E-state index contributed by atoms with van der Waals surface area (Å²) in [5.74, 6) is -0.785. The van der Waals surface area contributed by atoms with Gasteiger partial charge in [-0.25, -0.2) is 9.78 Å². The molecule has 0 aliphatic carbocycles. The number of aryl methyl sites for hydroxylation is 1. The minimum atomic E-state index is -1.04. The number of carbonyl (C=O) groups is 2. The third-order valence-electron chi connectivity index (χ3n) is 2.62. The average molecular weight is 286 g/mol. The average Bonchev–Trinajstić information content (AvgIpc) is 2.88. The van der Waals surface area contributed by atoms with Crippen LogP contribution in [0.4, 0.5) is 0 Å². The number of hydrogen-bond donors (Lipinski definition) is 2. The van der Waals surface area contributed by atoms with Crippen LogP contribution in [-0.4, -0.2) is 31.7 Å². The van der Waals surface area contributed by atoms with E-state index in [2.05, 4.69) is 15.4 Å². The van der Waals surface area contributed by atoms with Gasteiger partial charge in [0.25, 0.3) is 5.91 Å². The van der Waals surface area contributed by atoms with E-state index < -0.39 is 5.97 Å². The third kappa shape index (κ3) is 4.27. The first-order valence-electron chi connectivity index (χ1n) is 6.18. The molecule has 7 heteroatoms. The van der Waals surface area contributed by atoms with Crippen molar-refractivity contribution >= 4 is 18.0 Å². The maximum atomic E-state index is 12.0. The van der Waals surface area contributed by atoms with E-state index >= 15 is 0 Å². The van der Waals surface area contributed by atoms with Gasteiger partial charge in [0.2, 0.25) is 0 Å². The van der Waals surface area contributed by atoms with E-state index in [1.807, 2.05) is 0 Å². The molecule has 0 spiro atoms. The Labute approximate surface area is 120 Å². The summed E-state index contributed by atoms with van der Waals surface area (Å²) in [6.07, 6.45) is 4.01. The number of aliphatic carboxylic acids is 1. The second-order valence-corrected chi connectivity index (χ2v) is 4.31. The summed E-state index contributed by atoms with van der Waals surface area (Å²) >= 11 is 0. The number of carbonyl (C=O) groups excluding carboxylic acids is 1. The zero-order chi connectivity index (χ0) is 15.2. The van der Waals surface area contributed by atoms with Crippen molar-refractivity contribution in [3.63, 3.8) is 0 Å². The minimum Gasteiger partial charge on any atom is -0.478 e. The number of aromatic nitrogens is 3. The topological polar surface area (TPSA) is 97.1 Å². The Bertz CT molecular complexity index is 691. The SMILES string of the molecule is Cn1cnc(CNC(=O)c2cccc(/C=C/C(=O)O)c2)n1. The monoisotopic (exact) mass is 286 g/mol. The highest BCUT2D eigenvalue weighted by atomic mass is 16.4. The summed E-state index contributed by atoms with van der Waals surface area (Å²) in [5.41, 5.74) is 1.08. The molecule has 0 bridgehead atoms. The van der Waals surface area contributed by atoms with Crippen LogP contribution in [0.3, 0.4) is 0 Å². The third-order valence-corrected chi connectivity index (χ3v) is 2.62. The molecular formula is C14H14N4O3. The maximum absolute atomic E-state index is 12.0. The van der Waals surface area contributed by atoms with Gasteiger partial charge in [0, 0.05) is 18.7 Å². The fourth-order valence-electron chi connectivity index (χ4n) is 1.68. The van der Waals surface area contributed by atoms with Crippen molar-refractivity contribution < 1.29 is 14.7 Å². The zero-order valence-corrected chi connectivity index (χ0v) is 11.4. The Morgan fingerprint density at radius 3 is 2.90 bits per heavy atom. The predicted molar refractivity (Wildman–Crippen MR) is 75.3 cm³/mol. The Morgan fingerprint density at radius 1 is 1.43 bits per heavy atom. The van der Waals surface area contributed by atoms with Gasteiger partial charge in [-0.3, -0.25) is 9.48 Å². The normalized spacial score (nSPS) is 10.7. The molecule has 0 aliphatic heterocycles. The molecule has 2 aromatic rings. The summed E-state index contributed by atoms with van der Waals surface area (Å²) < 4.78 is 1.55. The van der Waals surface area contributed by atoms with Gasteiger partial charge in [0.15, 0.2) is 5.82 Å². The highest BCUT2D eigenvalue weighted by Gasteiger charge is 2.07. The van der Waals surface area contributed by atoms with Crippen molar-refractivity contribution in [2.24, 2.45) is 7.05 Å². The van der Waals surface area contributed by atoms with E-state index in [9.17, 15) is 9.59 Å². The van der Waals surface area contributed by atoms with E-state index in [-0.39, 0.29) is 12.5 Å². The first kappa shape index (κ1) is 14.4. The van der Waals surface area contributed by atoms with Crippen LogP contribution in [0.1, 0.15) is 21.7 Å². The Balaban J connectivity index is 2.02. The van der Waals surface area contributed by atoms with Crippen LogP contribution >= 0.6 is 0 Å². The van der Waals surface area contributed by atoms with E-state index in [0.717, 1.165) is 6.08 Å². The summed E-state index contributed by atoms with van der Waals surface area (Å²) in [7, 11) is 1.75. The molecule has 1 aromatic carbocycles. The lowest BCUT2D eigenvalue weighted by Crippen LogP contribution is -2.23. The predicted octanol–water partition coefficient (Wildman–Crippen LogP) is 0.843. The minimum absolute atomic E-state index is 0.231. The van der Waals surface area contributed by atoms with Gasteiger partial charge < -0.3 is 10.4 Å². The van der Waals surface area contributed by atoms with E-state index in [4.69, 9.17) is 5.11 Å². The summed E-state index contributed by atoms with van der Waals surface area (Å²) in [5, 5.41) is 15.3. The lowest BCUT2D eigenvalue weighted by atomic mass is 10.1. The molecule has 1 heterocycles. The summed E-state index contributed by atoms with van der Waals surface area (Å²) in [6.45, 7) is 0.231. The van der Waals surface area contributed by atoms with Crippen molar-refractivity contribution in [1.82, 2.24) is 20.1 Å². The van der Waals surface area contributed by atoms with Gasteiger partial charge in [-0.2, -0.15) is 5.10 Å². The van der Waals surface area contributed by atoms with Crippen LogP contribution in [0.15, 0.2) is 36.7 Å². The molecule has 0 aliphatic rings. The molecule has 1 amide bonds. The number of carboxylic acids is 1. The molecule has 0 fully saturated rings. The molecule has 0 radical (unpaired) electrons. The van der Waals surface area contributed by atoms with Gasteiger partial charge >= 0.3 is 5.97 Å². The molecular weight excluding hydrogens is 272 g/mol. The van der Waals surface area contributed by atoms with Crippen LogP contribution in [0.25, 0.3) is 6.08 Å². The van der Waals surface area contributed by atoms with E-state index in [1.165, 1.54) is 6.08 Å². The van der Waals surface area contributed by atoms with Crippen molar-refractivity contribution in [1.29, 1.82) is 0 Å². The second kappa shape index (κ2) is 6.47. The quantitative estimate of drug-likeness (QED) is 0.794. The van der Waals surface area contributed by atoms with Crippen molar-refractivity contribution in [3.05, 3.63) is 53.6 Å². The number of hydrogen-bond acceptors (Lipinski definition) is 4. The fraction of sp³-hybridized carbons (Fsp3) is 0.143. The number of rotatable bonds is 5. The Morgan fingerprint density at radius 2 is 2.24 bits per heavy atom. The largest absolute Gasteiger partial charge is 0.478 e. The molecule has 0 atom stereocenters. The first-order chi connectivity index (χ1) is 10.0. The lowest BCUT2D eigenvalue weighted by molar-refractivity contribution is -0.131. The molecule has 7 nitrogen and oxygen atoms in total. The molecule has 1 aromatic heterocycles. The first-order valence-corrected chi connectivity index (χ1v) is 6.18. The van der Waals surface area contributed by atoms with Crippen LogP contribution < -0.4 is 5.32 Å². The van der Waals surface area contributed by atoms with Gasteiger partial charge in [-0.15, -0.1) is 0 Å². The van der Waals surface area contributed by atoms with Crippen molar-refractivity contribution in [2.45, 2.75) is 6.54 Å². The van der Waals surface area contributed by atoms with E-state index in [1.54, 1.807) is 42.3 Å². The Kier molecular flexibility index (Phi) is 4.45. The van der Waals surface area contributed by atoms with Gasteiger partial charge in [0.05, 0.1) is 6.54 Å². The van der Waals surface area contributed by atoms with Crippen LogP contribution in [0.5, 0.6) is 0 Å². The molecule has 2 N–H and O–H groups in total.